The lowest BCUT2D eigenvalue weighted by Gasteiger charge is -2.25. The highest BCUT2D eigenvalue weighted by atomic mass is 16.6. The van der Waals surface area contributed by atoms with Crippen molar-refractivity contribution in [2.24, 2.45) is 0 Å². The second kappa shape index (κ2) is 6.59. The van der Waals surface area contributed by atoms with Gasteiger partial charge in [0.2, 0.25) is 5.95 Å². The molecule has 0 spiro atoms. The van der Waals surface area contributed by atoms with Crippen LogP contribution in [0.1, 0.15) is 20.8 Å². The van der Waals surface area contributed by atoms with Gasteiger partial charge < -0.3 is 24.8 Å². The van der Waals surface area contributed by atoms with Crippen LogP contribution < -0.4 is 10.6 Å². The molecule has 1 aromatic heterocycles. The van der Waals surface area contributed by atoms with E-state index in [0.717, 1.165) is 17.0 Å². The van der Waals surface area contributed by atoms with Crippen molar-refractivity contribution in [2.45, 2.75) is 32.9 Å². The molecule has 1 heterocycles. The van der Waals surface area contributed by atoms with Crippen LogP contribution in [0.25, 0.3) is 11.0 Å². The topological polar surface area (TPSA) is 76.6 Å². The van der Waals surface area contributed by atoms with Gasteiger partial charge in [-0.3, -0.25) is 0 Å². The van der Waals surface area contributed by atoms with Gasteiger partial charge in [-0.15, -0.1) is 0 Å². The molecule has 0 bridgehead atoms. The van der Waals surface area contributed by atoms with Gasteiger partial charge in [-0.1, -0.05) is 0 Å². The van der Waals surface area contributed by atoms with Crippen LogP contribution in [-0.4, -0.2) is 53.8 Å². The molecule has 1 amide bonds. The molecule has 1 aromatic carbocycles. The highest BCUT2D eigenvalue weighted by Gasteiger charge is 2.20. The first-order chi connectivity index (χ1) is 11.1. The Hall–Kier alpha value is -2.44. The van der Waals surface area contributed by atoms with Crippen LogP contribution in [0.3, 0.4) is 0 Å². The first kappa shape index (κ1) is 17.9. The van der Waals surface area contributed by atoms with Crippen LogP contribution in [0.15, 0.2) is 18.2 Å². The van der Waals surface area contributed by atoms with Gasteiger partial charge in [0, 0.05) is 39.9 Å². The number of ether oxygens (including phenoxy) is 1. The van der Waals surface area contributed by atoms with E-state index in [9.17, 15) is 4.79 Å². The number of carbonyl (C=O) groups excluding carboxylic acids is 1. The molecule has 0 radical (unpaired) electrons. The van der Waals surface area contributed by atoms with Crippen LogP contribution in [0, 0.1) is 0 Å². The third-order valence-electron chi connectivity index (χ3n) is 3.52. The zero-order chi connectivity index (χ0) is 18.1. The number of imidazole rings is 1. The summed E-state index contributed by atoms with van der Waals surface area (Å²) in [5, 5.41) is 0. The molecule has 7 nitrogen and oxygen atoms in total. The normalized spacial score (nSPS) is 11.6. The minimum atomic E-state index is -0.501. The van der Waals surface area contributed by atoms with E-state index in [1.165, 1.54) is 0 Å². The average molecular weight is 333 g/mol. The van der Waals surface area contributed by atoms with E-state index in [1.54, 1.807) is 11.9 Å². The van der Waals surface area contributed by atoms with Crippen LogP contribution >= 0.6 is 0 Å². The van der Waals surface area contributed by atoms with Crippen molar-refractivity contribution in [3.8, 4) is 0 Å². The van der Waals surface area contributed by atoms with Gasteiger partial charge in [0.1, 0.15) is 5.60 Å². The minimum Gasteiger partial charge on any atom is -0.444 e. The Morgan fingerprint density at radius 1 is 1.29 bits per heavy atom. The fourth-order valence-electron chi connectivity index (χ4n) is 2.38. The van der Waals surface area contributed by atoms with Gasteiger partial charge in [0.15, 0.2) is 0 Å². The largest absolute Gasteiger partial charge is 0.444 e. The van der Waals surface area contributed by atoms with E-state index in [4.69, 9.17) is 10.5 Å². The summed E-state index contributed by atoms with van der Waals surface area (Å²) in [5.74, 6) is 0.827. The Kier molecular flexibility index (Phi) is 4.91. The second-order valence-electron chi connectivity index (χ2n) is 7.11. The van der Waals surface area contributed by atoms with Crippen molar-refractivity contribution in [1.82, 2.24) is 14.5 Å². The second-order valence-corrected chi connectivity index (χ2v) is 7.11. The number of likely N-dealkylation sites (N-methyl/N-ethyl adjacent to an activating group) is 1. The Balaban J connectivity index is 2.20. The van der Waals surface area contributed by atoms with E-state index in [0.29, 0.717) is 18.8 Å². The van der Waals surface area contributed by atoms with Crippen LogP contribution in [0.4, 0.5) is 16.4 Å². The van der Waals surface area contributed by atoms with Gasteiger partial charge in [0.05, 0.1) is 11.0 Å². The number of rotatable bonds is 4. The molecule has 132 valence electrons. The van der Waals surface area contributed by atoms with Crippen LogP contribution in [-0.2, 0) is 11.3 Å². The first-order valence-electron chi connectivity index (χ1n) is 7.95. The van der Waals surface area contributed by atoms with Gasteiger partial charge >= 0.3 is 6.09 Å². The maximum atomic E-state index is 12.1. The number of benzene rings is 1. The van der Waals surface area contributed by atoms with Crippen molar-refractivity contribution in [3.63, 3.8) is 0 Å². The number of carbonyl (C=O) groups is 1. The summed E-state index contributed by atoms with van der Waals surface area (Å²) in [6.45, 7) is 6.71. The molecule has 2 aromatic rings. The van der Waals surface area contributed by atoms with Gasteiger partial charge in [0.25, 0.3) is 0 Å². The SMILES string of the molecule is CN(CCn1c(N(C)C)nc2cc(N)ccc21)C(=O)OC(C)(C)C. The highest BCUT2D eigenvalue weighted by molar-refractivity contribution is 5.82. The van der Waals surface area contributed by atoms with Crippen molar-refractivity contribution in [2.75, 3.05) is 38.3 Å². The van der Waals surface area contributed by atoms with Crippen LogP contribution in [0.5, 0.6) is 0 Å². The van der Waals surface area contributed by atoms with E-state index in [-0.39, 0.29) is 6.09 Å². The standard InChI is InChI=1S/C17H27N5O2/c1-17(2,3)24-16(23)21(6)9-10-22-14-8-7-12(18)11-13(14)19-15(22)20(4)5/h7-8,11H,9-10,18H2,1-6H3. The molecule has 0 saturated carbocycles. The molecule has 2 N–H and O–H groups in total. The molecule has 2 rings (SSSR count). The molecule has 0 aliphatic carbocycles. The predicted molar refractivity (Wildman–Crippen MR) is 97.3 cm³/mol. The maximum Gasteiger partial charge on any atom is 0.410 e. The van der Waals surface area contributed by atoms with Gasteiger partial charge in [-0.05, 0) is 39.0 Å². The Labute approximate surface area is 143 Å². The quantitative estimate of drug-likeness (QED) is 0.870. The predicted octanol–water partition coefficient (Wildman–Crippen LogP) is 2.55. The fraction of sp³-hybridized carbons (Fsp3) is 0.529. The molecule has 0 saturated heterocycles. The summed E-state index contributed by atoms with van der Waals surface area (Å²) in [4.78, 5) is 20.3. The van der Waals surface area contributed by atoms with E-state index in [2.05, 4.69) is 9.55 Å². The lowest BCUT2D eigenvalue weighted by atomic mass is 10.2. The molecular weight excluding hydrogens is 306 g/mol. The van der Waals surface area contributed by atoms with Crippen molar-refractivity contribution >= 4 is 28.8 Å². The molecule has 0 atom stereocenters. The lowest BCUT2D eigenvalue weighted by Crippen LogP contribution is -2.36. The summed E-state index contributed by atoms with van der Waals surface area (Å²) in [6.07, 6.45) is -0.331. The zero-order valence-electron chi connectivity index (χ0n) is 15.3. The number of hydrogen-bond acceptors (Lipinski definition) is 5. The number of nitrogens with two attached hydrogens (primary N) is 1. The van der Waals surface area contributed by atoms with Gasteiger partial charge in [-0.25, -0.2) is 9.78 Å². The fourth-order valence-corrected chi connectivity index (χ4v) is 2.38. The summed E-state index contributed by atoms with van der Waals surface area (Å²) >= 11 is 0. The summed E-state index contributed by atoms with van der Waals surface area (Å²) in [7, 11) is 5.62. The average Bonchev–Trinajstić information content (AvgIpc) is 2.80. The van der Waals surface area contributed by atoms with E-state index in [1.807, 2.05) is 58.0 Å². The molecule has 0 aliphatic rings. The molecule has 0 unspecified atom stereocenters. The van der Waals surface area contributed by atoms with Crippen LogP contribution in [0.2, 0.25) is 0 Å². The number of hydrogen-bond donors (Lipinski definition) is 1. The van der Waals surface area contributed by atoms with Crippen molar-refractivity contribution < 1.29 is 9.53 Å². The van der Waals surface area contributed by atoms with E-state index >= 15 is 0 Å². The number of anilines is 2. The Bertz CT molecular complexity index is 730. The number of aromatic nitrogens is 2. The summed E-state index contributed by atoms with van der Waals surface area (Å²) in [6, 6.07) is 5.67. The summed E-state index contributed by atoms with van der Waals surface area (Å²) < 4.78 is 7.46. The smallest absolute Gasteiger partial charge is 0.410 e. The van der Waals surface area contributed by atoms with Gasteiger partial charge in [-0.2, -0.15) is 0 Å². The molecule has 24 heavy (non-hydrogen) atoms. The molecule has 0 aliphatic heterocycles. The Morgan fingerprint density at radius 3 is 2.54 bits per heavy atom. The third-order valence-corrected chi connectivity index (χ3v) is 3.52. The number of nitrogen functional groups attached to an aromatic ring is 1. The monoisotopic (exact) mass is 333 g/mol. The zero-order valence-corrected chi connectivity index (χ0v) is 15.3. The number of amides is 1. The summed E-state index contributed by atoms with van der Waals surface area (Å²) in [5.41, 5.74) is 7.87. The molecule has 0 fully saturated rings. The lowest BCUT2D eigenvalue weighted by molar-refractivity contribution is 0.0294. The Morgan fingerprint density at radius 2 is 1.96 bits per heavy atom. The van der Waals surface area contributed by atoms with Crippen molar-refractivity contribution in [3.05, 3.63) is 18.2 Å². The van der Waals surface area contributed by atoms with E-state index < -0.39 is 5.60 Å². The number of nitrogens with zero attached hydrogens (tertiary/aromatic N) is 4. The van der Waals surface area contributed by atoms with Crippen molar-refractivity contribution in [1.29, 1.82) is 0 Å². The number of fused-ring (bicyclic) bond motifs is 1. The first-order valence-corrected chi connectivity index (χ1v) is 7.95. The third kappa shape index (κ3) is 4.10. The molecular formula is C17H27N5O2. The highest BCUT2D eigenvalue weighted by Crippen LogP contribution is 2.23. The molecule has 7 heteroatoms. The maximum absolute atomic E-state index is 12.1. The minimum absolute atomic E-state index is 0.331.